The first-order valence-electron chi connectivity index (χ1n) is 7.47. The maximum atomic E-state index is 11.4. The number of thiazole rings is 1. The van der Waals surface area contributed by atoms with Crippen molar-refractivity contribution in [3.8, 4) is 22.8 Å². The average Bonchev–Trinajstić information content (AvgIpc) is 3.09. The summed E-state index contributed by atoms with van der Waals surface area (Å²) in [5.41, 5.74) is 2.47. The molecule has 2 aromatic carbocycles. The van der Waals surface area contributed by atoms with Crippen LogP contribution in [0, 0.1) is 0 Å². The van der Waals surface area contributed by atoms with E-state index >= 15 is 0 Å². The van der Waals surface area contributed by atoms with Crippen LogP contribution in [0.5, 0.6) is 11.5 Å². The molecule has 1 amide bonds. The van der Waals surface area contributed by atoms with Gasteiger partial charge in [0, 0.05) is 10.9 Å². The first-order chi connectivity index (χ1) is 11.8. The molecule has 0 aliphatic carbocycles. The van der Waals surface area contributed by atoms with Crippen molar-refractivity contribution in [2.45, 2.75) is 6.61 Å². The Balaban J connectivity index is 1.50. The van der Waals surface area contributed by atoms with E-state index in [1.807, 2.05) is 53.9 Å². The molecular formula is C18H14N2O3S. The van der Waals surface area contributed by atoms with Gasteiger partial charge in [-0.15, -0.1) is 11.3 Å². The molecule has 0 unspecified atom stereocenters. The summed E-state index contributed by atoms with van der Waals surface area (Å²) < 4.78 is 11.1. The van der Waals surface area contributed by atoms with Crippen LogP contribution < -0.4 is 14.8 Å². The number of carbonyl (C=O) groups is 1. The highest BCUT2D eigenvalue weighted by Gasteiger charge is 2.17. The third-order valence-electron chi connectivity index (χ3n) is 3.57. The summed E-state index contributed by atoms with van der Waals surface area (Å²) >= 11 is 1.55. The van der Waals surface area contributed by atoms with Gasteiger partial charge in [0.1, 0.15) is 23.1 Å². The summed E-state index contributed by atoms with van der Waals surface area (Å²) in [5, 5.41) is 5.69. The van der Waals surface area contributed by atoms with Gasteiger partial charge in [0.15, 0.2) is 6.61 Å². The molecule has 1 N–H and O–H groups in total. The summed E-state index contributed by atoms with van der Waals surface area (Å²) in [5.74, 6) is 1.36. The van der Waals surface area contributed by atoms with Crippen molar-refractivity contribution in [3.05, 3.63) is 58.9 Å². The van der Waals surface area contributed by atoms with Gasteiger partial charge in [-0.05, 0) is 30.3 Å². The van der Waals surface area contributed by atoms with Crippen molar-refractivity contribution < 1.29 is 14.3 Å². The summed E-state index contributed by atoms with van der Waals surface area (Å²) in [6.45, 7) is 0.490. The second-order valence-corrected chi connectivity index (χ2v) is 6.22. The molecule has 24 heavy (non-hydrogen) atoms. The Morgan fingerprint density at radius 2 is 2.08 bits per heavy atom. The van der Waals surface area contributed by atoms with E-state index in [9.17, 15) is 4.79 Å². The van der Waals surface area contributed by atoms with Gasteiger partial charge in [0.05, 0.1) is 11.4 Å². The molecule has 1 aliphatic heterocycles. The van der Waals surface area contributed by atoms with Gasteiger partial charge in [-0.2, -0.15) is 0 Å². The van der Waals surface area contributed by atoms with Crippen molar-refractivity contribution >= 4 is 22.9 Å². The molecule has 1 aromatic heterocycles. The molecule has 3 aromatic rings. The van der Waals surface area contributed by atoms with Crippen molar-refractivity contribution in [1.82, 2.24) is 4.98 Å². The Bertz CT molecular complexity index is 877. The number of nitrogens with zero attached hydrogens (tertiary/aromatic N) is 1. The molecule has 1 aliphatic rings. The maximum absolute atomic E-state index is 11.4. The quantitative estimate of drug-likeness (QED) is 0.787. The lowest BCUT2D eigenvalue weighted by Crippen LogP contribution is -2.25. The molecular weight excluding hydrogens is 324 g/mol. The van der Waals surface area contributed by atoms with Gasteiger partial charge in [-0.1, -0.05) is 18.2 Å². The van der Waals surface area contributed by atoms with Crippen LogP contribution in [0.15, 0.2) is 53.9 Å². The first kappa shape index (κ1) is 14.7. The lowest BCUT2D eigenvalue weighted by atomic mass is 10.1. The third kappa shape index (κ3) is 3.09. The summed E-state index contributed by atoms with van der Waals surface area (Å²) in [6.07, 6.45) is 0. The number of aromatic nitrogens is 1. The van der Waals surface area contributed by atoms with Gasteiger partial charge in [-0.25, -0.2) is 4.98 Å². The largest absolute Gasteiger partial charge is 0.486 e. The second-order valence-electron chi connectivity index (χ2n) is 5.28. The van der Waals surface area contributed by atoms with E-state index < -0.39 is 0 Å². The predicted octanol–water partition coefficient (Wildman–Crippen LogP) is 3.72. The SMILES string of the molecule is O=C1COc2ccc(-c3csc(COc4ccccc4)n3)cc2N1. The fourth-order valence-electron chi connectivity index (χ4n) is 2.41. The number of para-hydroxylation sites is 1. The normalized spacial score (nSPS) is 12.9. The number of hydrogen-bond donors (Lipinski definition) is 1. The molecule has 0 spiro atoms. The molecule has 2 heterocycles. The van der Waals surface area contributed by atoms with E-state index in [2.05, 4.69) is 10.3 Å². The van der Waals surface area contributed by atoms with E-state index in [1.165, 1.54) is 0 Å². The summed E-state index contributed by atoms with van der Waals surface area (Å²) in [7, 11) is 0. The zero-order valence-corrected chi connectivity index (χ0v) is 13.5. The maximum Gasteiger partial charge on any atom is 0.262 e. The standard InChI is InChI=1S/C18H14N2O3S/c21-17-9-23-16-7-6-12(8-14(16)19-17)15-11-24-18(20-15)10-22-13-4-2-1-3-5-13/h1-8,11H,9-10H2,(H,19,21). The summed E-state index contributed by atoms with van der Waals surface area (Å²) in [4.78, 5) is 16.0. The molecule has 5 nitrogen and oxygen atoms in total. The van der Waals surface area contributed by atoms with E-state index in [1.54, 1.807) is 11.3 Å². The van der Waals surface area contributed by atoms with Crippen LogP contribution >= 0.6 is 11.3 Å². The van der Waals surface area contributed by atoms with Gasteiger partial charge >= 0.3 is 0 Å². The summed E-state index contributed by atoms with van der Waals surface area (Å²) in [6, 6.07) is 15.3. The van der Waals surface area contributed by atoms with Gasteiger partial charge in [0.25, 0.3) is 5.91 Å². The van der Waals surface area contributed by atoms with Gasteiger partial charge in [0.2, 0.25) is 0 Å². The molecule has 4 rings (SSSR count). The number of carbonyl (C=O) groups excluding carboxylic acids is 1. The fraction of sp³-hybridized carbons (Fsp3) is 0.111. The number of anilines is 1. The fourth-order valence-corrected chi connectivity index (χ4v) is 3.13. The van der Waals surface area contributed by atoms with Gasteiger partial charge in [-0.3, -0.25) is 4.79 Å². The van der Waals surface area contributed by atoms with E-state index in [4.69, 9.17) is 9.47 Å². The molecule has 6 heteroatoms. The minimum Gasteiger partial charge on any atom is -0.486 e. The van der Waals surface area contributed by atoms with E-state index in [-0.39, 0.29) is 12.5 Å². The lowest BCUT2D eigenvalue weighted by Gasteiger charge is -2.18. The first-order valence-corrected chi connectivity index (χ1v) is 8.35. The molecule has 120 valence electrons. The zero-order chi connectivity index (χ0) is 16.4. The van der Waals surface area contributed by atoms with Crippen molar-refractivity contribution in [2.75, 3.05) is 11.9 Å². The number of benzene rings is 2. The number of amides is 1. The van der Waals surface area contributed by atoms with Crippen LogP contribution in [0.1, 0.15) is 5.01 Å². The highest BCUT2D eigenvalue weighted by Crippen LogP contribution is 2.33. The van der Waals surface area contributed by atoms with Crippen LogP contribution in [0.25, 0.3) is 11.3 Å². The molecule has 0 bridgehead atoms. The molecule has 0 fully saturated rings. The van der Waals surface area contributed by atoms with Crippen LogP contribution in [-0.4, -0.2) is 17.5 Å². The molecule has 0 radical (unpaired) electrons. The topological polar surface area (TPSA) is 60.5 Å². The van der Waals surface area contributed by atoms with Crippen molar-refractivity contribution in [2.24, 2.45) is 0 Å². The Morgan fingerprint density at radius 1 is 1.21 bits per heavy atom. The lowest BCUT2D eigenvalue weighted by molar-refractivity contribution is -0.118. The molecule has 0 saturated heterocycles. The molecule has 0 saturated carbocycles. The second kappa shape index (κ2) is 6.33. The van der Waals surface area contributed by atoms with Crippen molar-refractivity contribution in [1.29, 1.82) is 0 Å². The van der Waals surface area contributed by atoms with E-state index in [0.29, 0.717) is 18.0 Å². The monoisotopic (exact) mass is 338 g/mol. The third-order valence-corrected chi connectivity index (χ3v) is 4.39. The van der Waals surface area contributed by atoms with Crippen LogP contribution in [0.4, 0.5) is 5.69 Å². The predicted molar refractivity (Wildman–Crippen MR) is 92.4 cm³/mol. The number of ether oxygens (including phenoxy) is 2. The minimum atomic E-state index is -0.144. The Labute approximate surface area is 142 Å². The Hall–Kier alpha value is -2.86. The Morgan fingerprint density at radius 3 is 2.96 bits per heavy atom. The highest BCUT2D eigenvalue weighted by molar-refractivity contribution is 7.09. The van der Waals surface area contributed by atoms with Crippen LogP contribution in [0.3, 0.4) is 0 Å². The smallest absolute Gasteiger partial charge is 0.262 e. The number of fused-ring (bicyclic) bond motifs is 1. The van der Waals surface area contributed by atoms with Crippen molar-refractivity contribution in [3.63, 3.8) is 0 Å². The number of hydrogen-bond acceptors (Lipinski definition) is 5. The van der Waals surface area contributed by atoms with E-state index in [0.717, 1.165) is 22.0 Å². The molecule has 0 atom stereocenters. The highest BCUT2D eigenvalue weighted by atomic mass is 32.1. The number of nitrogens with one attached hydrogen (secondary N) is 1. The minimum absolute atomic E-state index is 0.0595. The zero-order valence-electron chi connectivity index (χ0n) is 12.7. The Kier molecular flexibility index (Phi) is 3.88. The van der Waals surface area contributed by atoms with Crippen LogP contribution in [-0.2, 0) is 11.4 Å². The number of rotatable bonds is 4. The average molecular weight is 338 g/mol. The van der Waals surface area contributed by atoms with Crippen LogP contribution in [0.2, 0.25) is 0 Å². The van der Waals surface area contributed by atoms with Gasteiger partial charge < -0.3 is 14.8 Å².